The summed E-state index contributed by atoms with van der Waals surface area (Å²) in [5, 5.41) is 18.6. The van der Waals surface area contributed by atoms with Crippen LogP contribution in [-0.4, -0.2) is 36.6 Å². The van der Waals surface area contributed by atoms with Gasteiger partial charge < -0.3 is 19.7 Å². The predicted octanol–water partition coefficient (Wildman–Crippen LogP) is 5.29. The van der Waals surface area contributed by atoms with Gasteiger partial charge in [0.1, 0.15) is 24.7 Å². The first kappa shape index (κ1) is 23.6. The molecule has 0 radical (unpaired) electrons. The summed E-state index contributed by atoms with van der Waals surface area (Å²) in [6, 6.07) is 24.5. The molecule has 174 valence electrons. The molecule has 34 heavy (non-hydrogen) atoms. The van der Waals surface area contributed by atoms with Crippen molar-refractivity contribution in [2.45, 2.75) is 12.3 Å². The lowest BCUT2D eigenvalue weighted by atomic mass is 9.63. The van der Waals surface area contributed by atoms with E-state index in [-0.39, 0.29) is 26.4 Å². The third-order valence-electron chi connectivity index (χ3n) is 6.09. The molecular formula is C30H30O4. The second-order valence-corrected chi connectivity index (χ2v) is 8.10. The smallest absolute Gasteiger partial charge is 0.124 e. The predicted molar refractivity (Wildman–Crippen MR) is 136 cm³/mol. The van der Waals surface area contributed by atoms with Crippen LogP contribution in [0.4, 0.5) is 0 Å². The lowest BCUT2D eigenvalue weighted by Crippen LogP contribution is -2.32. The van der Waals surface area contributed by atoms with Crippen molar-refractivity contribution >= 4 is 6.08 Å². The van der Waals surface area contributed by atoms with Crippen LogP contribution in [0.3, 0.4) is 0 Å². The highest BCUT2D eigenvalue weighted by molar-refractivity contribution is 5.69. The van der Waals surface area contributed by atoms with Gasteiger partial charge in [0.05, 0.1) is 18.6 Å². The Morgan fingerprint density at radius 3 is 2.15 bits per heavy atom. The van der Waals surface area contributed by atoms with Crippen LogP contribution < -0.4 is 9.47 Å². The van der Waals surface area contributed by atoms with E-state index in [1.165, 1.54) is 0 Å². The summed E-state index contributed by atoms with van der Waals surface area (Å²) in [4.78, 5) is 0. The van der Waals surface area contributed by atoms with E-state index in [2.05, 4.69) is 73.7 Å². The summed E-state index contributed by atoms with van der Waals surface area (Å²) in [7, 11) is 0. The van der Waals surface area contributed by atoms with E-state index in [4.69, 9.17) is 14.6 Å². The minimum Gasteiger partial charge on any atom is -0.491 e. The van der Waals surface area contributed by atoms with Gasteiger partial charge in [-0.1, -0.05) is 90.6 Å². The Bertz CT molecular complexity index is 1190. The van der Waals surface area contributed by atoms with Crippen molar-refractivity contribution in [3.63, 3.8) is 0 Å². The molecule has 0 aromatic heterocycles. The molecule has 3 aromatic rings. The molecule has 0 saturated heterocycles. The Balaban J connectivity index is 2.05. The number of allylic oxidation sites excluding steroid dienone is 5. The highest BCUT2D eigenvalue weighted by atomic mass is 16.5. The van der Waals surface area contributed by atoms with Crippen molar-refractivity contribution in [1.29, 1.82) is 0 Å². The Morgan fingerprint density at radius 2 is 1.38 bits per heavy atom. The zero-order chi connectivity index (χ0) is 23.8. The van der Waals surface area contributed by atoms with E-state index in [1.807, 2.05) is 36.4 Å². The Labute approximate surface area is 201 Å². The Kier molecular flexibility index (Phi) is 7.63. The van der Waals surface area contributed by atoms with Crippen LogP contribution in [0.25, 0.3) is 6.08 Å². The van der Waals surface area contributed by atoms with Crippen LogP contribution in [0, 0.1) is 0 Å². The van der Waals surface area contributed by atoms with Crippen molar-refractivity contribution < 1.29 is 19.7 Å². The van der Waals surface area contributed by atoms with E-state index in [9.17, 15) is 5.11 Å². The highest BCUT2D eigenvalue weighted by Gasteiger charge is 2.41. The van der Waals surface area contributed by atoms with Gasteiger partial charge in [0.15, 0.2) is 0 Å². The van der Waals surface area contributed by atoms with Gasteiger partial charge >= 0.3 is 0 Å². The van der Waals surface area contributed by atoms with Gasteiger partial charge in [-0.2, -0.15) is 0 Å². The lowest BCUT2D eigenvalue weighted by Gasteiger charge is -2.39. The van der Waals surface area contributed by atoms with Crippen LogP contribution in [0.1, 0.15) is 29.2 Å². The summed E-state index contributed by atoms with van der Waals surface area (Å²) in [6.45, 7) is 2.51. The SMILES string of the molecule is C\C1=C/C=C\C=C\c2ccccc2C1(c1ccc(OCCO)cc1)c1ccccc1OCCO. The molecule has 1 unspecified atom stereocenters. The molecule has 0 spiro atoms. The van der Waals surface area contributed by atoms with Gasteiger partial charge in [-0.15, -0.1) is 0 Å². The molecular weight excluding hydrogens is 424 g/mol. The van der Waals surface area contributed by atoms with Crippen LogP contribution in [-0.2, 0) is 5.41 Å². The van der Waals surface area contributed by atoms with Gasteiger partial charge in [-0.25, -0.2) is 0 Å². The number of ether oxygens (including phenoxy) is 2. The molecule has 0 bridgehead atoms. The first-order valence-corrected chi connectivity index (χ1v) is 11.5. The monoisotopic (exact) mass is 454 g/mol. The number of hydrogen-bond acceptors (Lipinski definition) is 4. The minimum atomic E-state index is -0.656. The van der Waals surface area contributed by atoms with Crippen molar-refractivity contribution in [3.8, 4) is 11.5 Å². The number of hydrogen-bond donors (Lipinski definition) is 2. The average molecular weight is 455 g/mol. The first-order chi connectivity index (χ1) is 16.7. The molecule has 1 aliphatic rings. The second-order valence-electron chi connectivity index (χ2n) is 8.10. The minimum absolute atomic E-state index is 0.0326. The van der Waals surface area contributed by atoms with Crippen LogP contribution in [0.15, 0.2) is 103 Å². The lowest BCUT2D eigenvalue weighted by molar-refractivity contribution is 0.199. The molecule has 2 N–H and O–H groups in total. The number of benzene rings is 3. The number of para-hydroxylation sites is 1. The van der Waals surface area contributed by atoms with Crippen LogP contribution in [0.5, 0.6) is 11.5 Å². The molecule has 1 atom stereocenters. The first-order valence-electron chi connectivity index (χ1n) is 11.5. The molecule has 3 aromatic carbocycles. The number of aliphatic hydroxyl groups excluding tert-OH is 2. The van der Waals surface area contributed by atoms with Gasteiger partial charge in [0.25, 0.3) is 0 Å². The molecule has 4 rings (SSSR count). The maximum atomic E-state index is 9.45. The van der Waals surface area contributed by atoms with E-state index in [1.54, 1.807) is 0 Å². The van der Waals surface area contributed by atoms with E-state index < -0.39 is 5.41 Å². The molecule has 4 nitrogen and oxygen atoms in total. The van der Waals surface area contributed by atoms with Gasteiger partial charge in [-0.05, 0) is 41.8 Å². The number of fused-ring (bicyclic) bond motifs is 1. The summed E-state index contributed by atoms with van der Waals surface area (Å²) in [5.41, 5.74) is 4.78. The molecule has 4 heteroatoms. The molecule has 0 saturated carbocycles. The van der Waals surface area contributed by atoms with E-state index >= 15 is 0 Å². The standard InChI is InChI=1S/C30H30O4/c1-23-9-3-2-4-10-24-11-5-6-12-27(24)30(23,25-15-17-26(18-16-25)33-21-19-31)28-13-7-8-14-29(28)34-22-20-32/h2-18,31-32H,19-22H2,1H3/b3-2-,10-4+,23-9+. The zero-order valence-corrected chi connectivity index (χ0v) is 19.4. The van der Waals surface area contributed by atoms with Crippen molar-refractivity contribution in [2.75, 3.05) is 26.4 Å². The summed E-state index contributed by atoms with van der Waals surface area (Å²) in [6.07, 6.45) is 10.4. The fourth-order valence-electron chi connectivity index (χ4n) is 4.66. The van der Waals surface area contributed by atoms with E-state index in [0.717, 1.165) is 33.6 Å². The van der Waals surface area contributed by atoms with Gasteiger partial charge in [0.2, 0.25) is 0 Å². The largest absolute Gasteiger partial charge is 0.491 e. The molecule has 0 aliphatic heterocycles. The van der Waals surface area contributed by atoms with Gasteiger partial charge in [-0.3, -0.25) is 0 Å². The maximum Gasteiger partial charge on any atom is 0.124 e. The topological polar surface area (TPSA) is 58.9 Å². The summed E-state index contributed by atoms with van der Waals surface area (Å²) in [5.74, 6) is 1.43. The maximum absolute atomic E-state index is 9.45. The number of rotatable bonds is 8. The summed E-state index contributed by atoms with van der Waals surface area (Å²) >= 11 is 0. The second kappa shape index (κ2) is 11.0. The molecule has 0 fully saturated rings. The van der Waals surface area contributed by atoms with Crippen molar-refractivity contribution in [2.24, 2.45) is 0 Å². The zero-order valence-electron chi connectivity index (χ0n) is 19.4. The van der Waals surface area contributed by atoms with E-state index in [0.29, 0.717) is 5.75 Å². The van der Waals surface area contributed by atoms with Crippen LogP contribution >= 0.6 is 0 Å². The van der Waals surface area contributed by atoms with Crippen LogP contribution in [0.2, 0.25) is 0 Å². The van der Waals surface area contributed by atoms with Crippen molar-refractivity contribution in [3.05, 3.63) is 125 Å². The third-order valence-corrected chi connectivity index (χ3v) is 6.09. The third kappa shape index (κ3) is 4.56. The normalized spacial score (nSPS) is 20.6. The fraction of sp³-hybridized carbons (Fsp3) is 0.200. The molecule has 0 amide bonds. The quantitative estimate of drug-likeness (QED) is 0.485. The molecule has 1 aliphatic carbocycles. The average Bonchev–Trinajstić information content (AvgIpc) is 2.95. The fourth-order valence-corrected chi connectivity index (χ4v) is 4.66. The Hall–Kier alpha value is -3.60. The number of aliphatic hydroxyl groups is 2. The van der Waals surface area contributed by atoms with Gasteiger partial charge in [0, 0.05) is 5.56 Å². The highest BCUT2D eigenvalue weighted by Crippen LogP contribution is 2.50. The summed E-state index contributed by atoms with van der Waals surface area (Å²) < 4.78 is 11.7. The van der Waals surface area contributed by atoms with Crippen molar-refractivity contribution in [1.82, 2.24) is 0 Å². The molecule has 0 heterocycles. The Morgan fingerprint density at radius 1 is 0.706 bits per heavy atom.